The molecule has 1 aromatic rings. The van der Waals surface area contributed by atoms with Gasteiger partial charge in [0, 0.05) is 25.4 Å². The lowest BCUT2D eigenvalue weighted by Gasteiger charge is -2.03. The first-order chi connectivity index (χ1) is 5.84. The monoisotopic (exact) mass is 167 g/mol. The third kappa shape index (κ3) is 2.51. The fourth-order valence-corrected chi connectivity index (χ4v) is 0.953. The Morgan fingerprint density at radius 2 is 2.33 bits per heavy atom. The van der Waals surface area contributed by atoms with Gasteiger partial charge in [0.05, 0.1) is 6.61 Å². The molecule has 0 aliphatic carbocycles. The number of rotatable bonds is 4. The highest BCUT2D eigenvalue weighted by molar-refractivity contribution is 4.92. The Balaban J connectivity index is 2.52. The lowest BCUT2D eigenvalue weighted by molar-refractivity contribution is 0.138. The third-order valence-corrected chi connectivity index (χ3v) is 1.58. The first-order valence-corrected chi connectivity index (χ1v) is 4.08. The van der Waals surface area contributed by atoms with Crippen LogP contribution in [0.25, 0.3) is 0 Å². The van der Waals surface area contributed by atoms with Gasteiger partial charge in [-0.15, -0.1) is 0 Å². The van der Waals surface area contributed by atoms with Crippen LogP contribution in [0.3, 0.4) is 0 Å². The Morgan fingerprint density at radius 1 is 1.50 bits per heavy atom. The zero-order chi connectivity index (χ0) is 8.81. The SMILES string of the molecule is CCOCCn1ccccc1=O. The van der Waals surface area contributed by atoms with Gasteiger partial charge in [-0.2, -0.15) is 0 Å². The van der Waals surface area contributed by atoms with Gasteiger partial charge in [0.15, 0.2) is 0 Å². The van der Waals surface area contributed by atoms with E-state index < -0.39 is 0 Å². The summed E-state index contributed by atoms with van der Waals surface area (Å²) >= 11 is 0. The van der Waals surface area contributed by atoms with Gasteiger partial charge in [-0.1, -0.05) is 6.07 Å². The molecule has 0 aliphatic rings. The van der Waals surface area contributed by atoms with Crippen molar-refractivity contribution in [3.63, 3.8) is 0 Å². The molecule has 0 aliphatic heterocycles. The average molecular weight is 167 g/mol. The predicted molar refractivity (Wildman–Crippen MR) is 47.2 cm³/mol. The molecule has 1 aromatic heterocycles. The first kappa shape index (κ1) is 9.00. The van der Waals surface area contributed by atoms with Crippen LogP contribution in [0.5, 0.6) is 0 Å². The highest BCUT2D eigenvalue weighted by atomic mass is 16.5. The number of ether oxygens (including phenoxy) is 1. The number of nitrogens with zero attached hydrogens (tertiary/aromatic N) is 1. The molecular formula is C9H13NO2. The second-order valence-corrected chi connectivity index (χ2v) is 2.43. The van der Waals surface area contributed by atoms with E-state index in [9.17, 15) is 4.79 Å². The summed E-state index contributed by atoms with van der Waals surface area (Å²) in [5, 5.41) is 0. The van der Waals surface area contributed by atoms with E-state index in [1.165, 1.54) is 0 Å². The van der Waals surface area contributed by atoms with E-state index >= 15 is 0 Å². The van der Waals surface area contributed by atoms with E-state index in [0.29, 0.717) is 19.8 Å². The molecule has 0 amide bonds. The van der Waals surface area contributed by atoms with E-state index in [0.717, 1.165) is 0 Å². The van der Waals surface area contributed by atoms with Crippen LogP contribution in [0, 0.1) is 0 Å². The van der Waals surface area contributed by atoms with Crippen LogP contribution >= 0.6 is 0 Å². The third-order valence-electron chi connectivity index (χ3n) is 1.58. The smallest absolute Gasteiger partial charge is 0.250 e. The lowest BCUT2D eigenvalue weighted by atomic mass is 10.5. The van der Waals surface area contributed by atoms with Crippen molar-refractivity contribution in [1.29, 1.82) is 0 Å². The maximum absolute atomic E-state index is 11.1. The Hall–Kier alpha value is -1.09. The summed E-state index contributed by atoms with van der Waals surface area (Å²) in [5.74, 6) is 0. The van der Waals surface area contributed by atoms with Crippen LogP contribution < -0.4 is 5.56 Å². The topological polar surface area (TPSA) is 31.2 Å². The molecule has 0 saturated heterocycles. The Labute approximate surface area is 71.6 Å². The minimum absolute atomic E-state index is 0.0252. The van der Waals surface area contributed by atoms with Gasteiger partial charge >= 0.3 is 0 Å². The van der Waals surface area contributed by atoms with Crippen molar-refractivity contribution in [2.24, 2.45) is 0 Å². The molecule has 0 bridgehead atoms. The van der Waals surface area contributed by atoms with E-state index in [1.807, 2.05) is 13.0 Å². The zero-order valence-corrected chi connectivity index (χ0v) is 7.19. The van der Waals surface area contributed by atoms with Crippen molar-refractivity contribution in [3.8, 4) is 0 Å². The summed E-state index contributed by atoms with van der Waals surface area (Å²) in [7, 11) is 0. The van der Waals surface area contributed by atoms with Crippen molar-refractivity contribution in [1.82, 2.24) is 4.57 Å². The van der Waals surface area contributed by atoms with Crippen LogP contribution in [0.15, 0.2) is 29.2 Å². The Bertz CT molecular complexity index is 280. The molecule has 0 aromatic carbocycles. The van der Waals surface area contributed by atoms with Crippen molar-refractivity contribution < 1.29 is 4.74 Å². The number of hydrogen-bond acceptors (Lipinski definition) is 2. The van der Waals surface area contributed by atoms with Crippen LogP contribution in [0.1, 0.15) is 6.92 Å². The summed E-state index contributed by atoms with van der Waals surface area (Å²) < 4.78 is 6.77. The molecular weight excluding hydrogens is 154 g/mol. The molecule has 0 N–H and O–H groups in total. The fourth-order valence-electron chi connectivity index (χ4n) is 0.953. The number of aromatic nitrogens is 1. The average Bonchev–Trinajstić information content (AvgIpc) is 2.09. The summed E-state index contributed by atoms with van der Waals surface area (Å²) in [4.78, 5) is 11.1. The molecule has 0 atom stereocenters. The van der Waals surface area contributed by atoms with Gasteiger partial charge in [-0.05, 0) is 13.0 Å². The van der Waals surface area contributed by atoms with Crippen molar-refractivity contribution in [2.45, 2.75) is 13.5 Å². The minimum Gasteiger partial charge on any atom is -0.380 e. The molecule has 1 heterocycles. The van der Waals surface area contributed by atoms with Gasteiger partial charge < -0.3 is 9.30 Å². The Morgan fingerprint density at radius 3 is 3.00 bits per heavy atom. The zero-order valence-electron chi connectivity index (χ0n) is 7.19. The van der Waals surface area contributed by atoms with E-state index in [-0.39, 0.29) is 5.56 Å². The number of hydrogen-bond donors (Lipinski definition) is 0. The maximum Gasteiger partial charge on any atom is 0.250 e. The van der Waals surface area contributed by atoms with Gasteiger partial charge in [0.1, 0.15) is 0 Å². The summed E-state index contributed by atoms with van der Waals surface area (Å²) in [5.41, 5.74) is 0.0252. The molecule has 1 rings (SSSR count). The quantitative estimate of drug-likeness (QED) is 0.623. The molecule has 0 fully saturated rings. The standard InChI is InChI=1S/C9H13NO2/c1-2-12-8-7-10-6-4-3-5-9(10)11/h3-6H,2,7-8H2,1H3. The molecule has 66 valence electrons. The van der Waals surface area contributed by atoms with E-state index in [1.54, 1.807) is 22.9 Å². The first-order valence-electron chi connectivity index (χ1n) is 4.08. The van der Waals surface area contributed by atoms with Gasteiger partial charge in [0.2, 0.25) is 0 Å². The fraction of sp³-hybridized carbons (Fsp3) is 0.444. The van der Waals surface area contributed by atoms with Crippen LogP contribution in [0.2, 0.25) is 0 Å². The van der Waals surface area contributed by atoms with Crippen molar-refractivity contribution in [3.05, 3.63) is 34.7 Å². The molecule has 3 heteroatoms. The van der Waals surface area contributed by atoms with Crippen LogP contribution in [-0.4, -0.2) is 17.8 Å². The minimum atomic E-state index is 0.0252. The van der Waals surface area contributed by atoms with Gasteiger partial charge in [-0.3, -0.25) is 4.79 Å². The summed E-state index contributed by atoms with van der Waals surface area (Å²) in [6.07, 6.45) is 1.77. The molecule has 0 saturated carbocycles. The second kappa shape index (κ2) is 4.72. The largest absolute Gasteiger partial charge is 0.380 e. The van der Waals surface area contributed by atoms with E-state index in [4.69, 9.17) is 4.74 Å². The van der Waals surface area contributed by atoms with E-state index in [2.05, 4.69) is 0 Å². The van der Waals surface area contributed by atoms with Crippen LogP contribution in [0.4, 0.5) is 0 Å². The normalized spacial score (nSPS) is 10.1. The lowest BCUT2D eigenvalue weighted by Crippen LogP contribution is -2.20. The molecule has 0 spiro atoms. The van der Waals surface area contributed by atoms with Crippen molar-refractivity contribution in [2.75, 3.05) is 13.2 Å². The Kier molecular flexibility index (Phi) is 3.54. The van der Waals surface area contributed by atoms with Crippen LogP contribution in [-0.2, 0) is 11.3 Å². The highest BCUT2D eigenvalue weighted by Gasteiger charge is 1.91. The highest BCUT2D eigenvalue weighted by Crippen LogP contribution is 1.83. The van der Waals surface area contributed by atoms with Gasteiger partial charge in [-0.25, -0.2) is 0 Å². The molecule has 0 radical (unpaired) electrons. The second-order valence-electron chi connectivity index (χ2n) is 2.43. The summed E-state index contributed by atoms with van der Waals surface area (Å²) in [6, 6.07) is 5.12. The van der Waals surface area contributed by atoms with Gasteiger partial charge in [0.25, 0.3) is 5.56 Å². The predicted octanol–water partition coefficient (Wildman–Crippen LogP) is 0.885. The molecule has 3 nitrogen and oxygen atoms in total. The number of pyridine rings is 1. The maximum atomic E-state index is 11.1. The van der Waals surface area contributed by atoms with Crippen molar-refractivity contribution >= 4 is 0 Å². The molecule has 12 heavy (non-hydrogen) atoms. The summed E-state index contributed by atoms with van der Waals surface area (Å²) in [6.45, 7) is 3.86. The molecule has 0 unspecified atom stereocenters.